The van der Waals surface area contributed by atoms with Crippen LogP contribution in [-0.2, 0) is 19.4 Å². The van der Waals surface area contributed by atoms with E-state index in [1.807, 2.05) is 0 Å². The molecular formula is C14H20N2O5S. The van der Waals surface area contributed by atoms with Crippen molar-refractivity contribution in [3.05, 3.63) is 24.3 Å². The Bertz CT molecular complexity index is 642. The van der Waals surface area contributed by atoms with E-state index in [4.69, 9.17) is 4.74 Å². The Hall–Kier alpha value is -2.09. The summed E-state index contributed by atoms with van der Waals surface area (Å²) in [6.07, 6.45) is 1.08. The number of ether oxygens (including phenoxy) is 1. The van der Waals surface area contributed by atoms with Crippen LogP contribution in [0.25, 0.3) is 0 Å². The lowest BCUT2D eigenvalue weighted by Gasteiger charge is -2.18. The number of rotatable bonds is 7. The van der Waals surface area contributed by atoms with Crippen LogP contribution in [0.5, 0.6) is 5.75 Å². The van der Waals surface area contributed by atoms with Crippen LogP contribution >= 0.6 is 0 Å². The molecule has 1 aromatic rings. The maximum atomic E-state index is 12.3. The monoisotopic (exact) mass is 328 g/mol. The molecule has 0 spiro atoms. The van der Waals surface area contributed by atoms with Crippen LogP contribution in [0.2, 0.25) is 0 Å². The van der Waals surface area contributed by atoms with Crippen LogP contribution in [0, 0.1) is 0 Å². The lowest BCUT2D eigenvalue weighted by Crippen LogP contribution is -2.43. The zero-order chi connectivity index (χ0) is 16.8. The molecule has 0 saturated carbocycles. The van der Waals surface area contributed by atoms with Gasteiger partial charge in [0.2, 0.25) is 11.8 Å². The maximum Gasteiger partial charge on any atom is 0.247 e. The SMILES string of the molecule is COc1ccccc1NC(=O)C(CCS(C)(=O)=O)NC(C)=O. The van der Waals surface area contributed by atoms with Gasteiger partial charge < -0.3 is 15.4 Å². The van der Waals surface area contributed by atoms with Crippen LogP contribution < -0.4 is 15.4 Å². The second-order valence-corrected chi connectivity index (χ2v) is 7.12. The number of carbonyl (C=O) groups excluding carboxylic acids is 2. The van der Waals surface area contributed by atoms with Gasteiger partial charge in [-0.1, -0.05) is 12.1 Å². The van der Waals surface area contributed by atoms with Crippen molar-refractivity contribution in [3.63, 3.8) is 0 Å². The third-order valence-electron chi connectivity index (χ3n) is 2.84. The fourth-order valence-corrected chi connectivity index (χ4v) is 2.48. The van der Waals surface area contributed by atoms with Gasteiger partial charge >= 0.3 is 0 Å². The first-order chi connectivity index (χ1) is 10.2. The molecule has 8 heteroatoms. The van der Waals surface area contributed by atoms with Gasteiger partial charge in [-0.05, 0) is 18.6 Å². The highest BCUT2D eigenvalue weighted by Crippen LogP contribution is 2.23. The average molecular weight is 328 g/mol. The second-order valence-electron chi connectivity index (χ2n) is 4.86. The van der Waals surface area contributed by atoms with E-state index in [1.165, 1.54) is 14.0 Å². The maximum absolute atomic E-state index is 12.3. The van der Waals surface area contributed by atoms with E-state index in [-0.39, 0.29) is 12.2 Å². The van der Waals surface area contributed by atoms with E-state index >= 15 is 0 Å². The van der Waals surface area contributed by atoms with E-state index < -0.39 is 27.7 Å². The Morgan fingerprint density at radius 3 is 2.45 bits per heavy atom. The summed E-state index contributed by atoms with van der Waals surface area (Å²) in [4.78, 5) is 23.5. The Balaban J connectivity index is 2.84. The molecule has 122 valence electrons. The molecule has 22 heavy (non-hydrogen) atoms. The molecule has 0 fully saturated rings. The number of benzene rings is 1. The molecule has 1 atom stereocenters. The summed E-state index contributed by atoms with van der Waals surface area (Å²) in [5.41, 5.74) is 0.449. The van der Waals surface area contributed by atoms with Crippen molar-refractivity contribution in [2.45, 2.75) is 19.4 Å². The Morgan fingerprint density at radius 1 is 1.27 bits per heavy atom. The molecule has 0 radical (unpaired) electrons. The zero-order valence-corrected chi connectivity index (χ0v) is 13.6. The topological polar surface area (TPSA) is 102 Å². The normalized spacial score (nSPS) is 12.3. The summed E-state index contributed by atoms with van der Waals surface area (Å²) in [6.45, 7) is 1.27. The van der Waals surface area contributed by atoms with Gasteiger partial charge in [0.25, 0.3) is 0 Å². The van der Waals surface area contributed by atoms with Crippen LogP contribution in [0.3, 0.4) is 0 Å². The van der Waals surface area contributed by atoms with Crippen molar-refractivity contribution in [2.75, 3.05) is 24.4 Å². The molecule has 1 rings (SSSR count). The number of amides is 2. The van der Waals surface area contributed by atoms with Gasteiger partial charge in [0, 0.05) is 13.2 Å². The molecule has 0 aliphatic carbocycles. The fourth-order valence-electron chi connectivity index (χ4n) is 1.81. The predicted molar refractivity (Wildman–Crippen MR) is 83.6 cm³/mol. The summed E-state index contributed by atoms with van der Waals surface area (Å²) in [5.74, 6) is -0.630. The van der Waals surface area contributed by atoms with E-state index in [0.29, 0.717) is 11.4 Å². The van der Waals surface area contributed by atoms with E-state index in [2.05, 4.69) is 10.6 Å². The summed E-state index contributed by atoms with van der Waals surface area (Å²) in [5, 5.41) is 5.08. The standard InChI is InChI=1S/C14H20N2O5S/c1-10(17)15-12(8-9-22(3,19)20)14(18)16-11-6-4-5-7-13(11)21-2/h4-7,12H,8-9H2,1-3H3,(H,15,17)(H,16,18). The predicted octanol–water partition coefficient (Wildman–Crippen LogP) is 0.573. The van der Waals surface area contributed by atoms with Gasteiger partial charge in [-0.3, -0.25) is 9.59 Å². The van der Waals surface area contributed by atoms with E-state index in [9.17, 15) is 18.0 Å². The molecule has 1 unspecified atom stereocenters. The largest absolute Gasteiger partial charge is 0.495 e. The molecule has 0 saturated heterocycles. The third-order valence-corrected chi connectivity index (χ3v) is 3.81. The van der Waals surface area contributed by atoms with Gasteiger partial charge in [0.05, 0.1) is 18.6 Å². The minimum absolute atomic E-state index is 0.000599. The van der Waals surface area contributed by atoms with Crippen molar-refractivity contribution in [3.8, 4) is 5.75 Å². The van der Waals surface area contributed by atoms with Crippen molar-refractivity contribution in [2.24, 2.45) is 0 Å². The van der Waals surface area contributed by atoms with Gasteiger partial charge in [-0.25, -0.2) is 8.42 Å². The lowest BCUT2D eigenvalue weighted by atomic mass is 10.2. The number of hydrogen-bond donors (Lipinski definition) is 2. The first-order valence-corrected chi connectivity index (χ1v) is 8.67. The molecule has 0 aliphatic heterocycles. The fraction of sp³-hybridized carbons (Fsp3) is 0.429. The van der Waals surface area contributed by atoms with Gasteiger partial charge in [0.1, 0.15) is 21.6 Å². The minimum atomic E-state index is -3.23. The molecule has 0 bridgehead atoms. The first-order valence-electron chi connectivity index (χ1n) is 6.61. The molecule has 0 aromatic heterocycles. The van der Waals surface area contributed by atoms with Crippen LogP contribution in [0.15, 0.2) is 24.3 Å². The highest BCUT2D eigenvalue weighted by molar-refractivity contribution is 7.90. The Kier molecular flexibility index (Phi) is 6.36. The Labute approximate surface area is 130 Å². The van der Waals surface area contributed by atoms with E-state index in [0.717, 1.165) is 6.26 Å². The van der Waals surface area contributed by atoms with Crippen LogP contribution in [0.1, 0.15) is 13.3 Å². The summed E-state index contributed by atoms with van der Waals surface area (Å²) in [7, 11) is -1.76. The van der Waals surface area contributed by atoms with Crippen molar-refractivity contribution >= 4 is 27.3 Å². The van der Waals surface area contributed by atoms with Gasteiger partial charge in [0.15, 0.2) is 0 Å². The molecule has 7 nitrogen and oxygen atoms in total. The number of para-hydroxylation sites is 2. The highest BCUT2D eigenvalue weighted by atomic mass is 32.2. The molecule has 0 heterocycles. The number of anilines is 1. The first kappa shape index (κ1) is 18.0. The van der Waals surface area contributed by atoms with Gasteiger partial charge in [-0.2, -0.15) is 0 Å². The quantitative estimate of drug-likeness (QED) is 0.762. The average Bonchev–Trinajstić information content (AvgIpc) is 2.42. The van der Waals surface area contributed by atoms with Crippen molar-refractivity contribution in [1.29, 1.82) is 0 Å². The second kappa shape index (κ2) is 7.79. The highest BCUT2D eigenvalue weighted by Gasteiger charge is 2.22. The zero-order valence-electron chi connectivity index (χ0n) is 12.8. The summed E-state index contributed by atoms with van der Waals surface area (Å²) >= 11 is 0. The molecule has 0 aliphatic rings. The van der Waals surface area contributed by atoms with Crippen LogP contribution in [-0.4, -0.2) is 45.4 Å². The van der Waals surface area contributed by atoms with Crippen molar-refractivity contribution < 1.29 is 22.7 Å². The van der Waals surface area contributed by atoms with Crippen LogP contribution in [0.4, 0.5) is 5.69 Å². The number of methoxy groups -OCH3 is 1. The van der Waals surface area contributed by atoms with Gasteiger partial charge in [-0.15, -0.1) is 0 Å². The molecule has 1 aromatic carbocycles. The molecule has 2 amide bonds. The molecular weight excluding hydrogens is 308 g/mol. The van der Waals surface area contributed by atoms with E-state index in [1.54, 1.807) is 24.3 Å². The summed E-state index contributed by atoms with van der Waals surface area (Å²) in [6, 6.07) is 5.88. The Morgan fingerprint density at radius 2 is 1.91 bits per heavy atom. The molecule has 2 N–H and O–H groups in total. The summed E-state index contributed by atoms with van der Waals surface area (Å²) < 4.78 is 27.6. The number of carbonyl (C=O) groups is 2. The minimum Gasteiger partial charge on any atom is -0.495 e. The number of sulfone groups is 1. The smallest absolute Gasteiger partial charge is 0.247 e. The third kappa shape index (κ3) is 6.13. The lowest BCUT2D eigenvalue weighted by molar-refractivity contribution is -0.125. The van der Waals surface area contributed by atoms with Crippen molar-refractivity contribution in [1.82, 2.24) is 5.32 Å². The number of nitrogens with one attached hydrogen (secondary N) is 2. The number of hydrogen-bond acceptors (Lipinski definition) is 5.